The molecule has 8 nitrogen and oxygen atoms in total. The lowest BCUT2D eigenvalue weighted by Crippen LogP contribution is -2.47. The Morgan fingerprint density at radius 1 is 1.33 bits per heavy atom. The van der Waals surface area contributed by atoms with Crippen molar-refractivity contribution < 1.29 is 9.47 Å². The second kappa shape index (κ2) is 13.1. The Hall–Kier alpha value is -1.20. The van der Waals surface area contributed by atoms with Crippen LogP contribution < -0.4 is 5.32 Å². The molecule has 1 aromatic heterocycles. The van der Waals surface area contributed by atoms with E-state index in [2.05, 4.69) is 27.0 Å². The van der Waals surface area contributed by atoms with Crippen LogP contribution in [-0.4, -0.2) is 71.7 Å². The van der Waals surface area contributed by atoms with Gasteiger partial charge in [0.1, 0.15) is 12.4 Å². The Morgan fingerprint density at radius 2 is 2.07 bits per heavy atom. The van der Waals surface area contributed by atoms with Crippen molar-refractivity contribution in [1.82, 2.24) is 25.0 Å². The van der Waals surface area contributed by atoms with Crippen molar-refractivity contribution >= 4 is 29.9 Å². The van der Waals surface area contributed by atoms with E-state index in [1.54, 1.807) is 7.11 Å². The predicted molar refractivity (Wildman–Crippen MR) is 118 cm³/mol. The molecular weight excluding hydrogens is 459 g/mol. The number of piperidine rings is 1. The van der Waals surface area contributed by atoms with E-state index < -0.39 is 0 Å². The van der Waals surface area contributed by atoms with Crippen molar-refractivity contribution in [3.05, 3.63) is 24.3 Å². The van der Waals surface area contributed by atoms with Crippen LogP contribution in [0.15, 0.2) is 17.6 Å². The van der Waals surface area contributed by atoms with Gasteiger partial charge in [-0.3, -0.25) is 0 Å². The summed E-state index contributed by atoms with van der Waals surface area (Å²) in [7, 11) is 3.68. The fourth-order valence-corrected chi connectivity index (χ4v) is 2.85. The molecule has 0 unspecified atom stereocenters. The van der Waals surface area contributed by atoms with E-state index in [-0.39, 0.29) is 24.0 Å². The lowest BCUT2D eigenvalue weighted by molar-refractivity contribution is 0.00991. The van der Waals surface area contributed by atoms with Gasteiger partial charge in [-0.2, -0.15) is 0 Å². The molecule has 0 spiro atoms. The number of likely N-dealkylation sites (tertiary alicyclic amines) is 1. The van der Waals surface area contributed by atoms with Crippen LogP contribution in [0.25, 0.3) is 0 Å². The van der Waals surface area contributed by atoms with Gasteiger partial charge in [0.15, 0.2) is 11.8 Å². The zero-order chi connectivity index (χ0) is 18.8. The summed E-state index contributed by atoms with van der Waals surface area (Å²) in [5, 5.41) is 11.6. The molecule has 0 bridgehead atoms. The van der Waals surface area contributed by atoms with E-state index in [1.165, 1.54) is 0 Å². The molecule has 1 aromatic rings. The van der Waals surface area contributed by atoms with Crippen LogP contribution in [0.5, 0.6) is 0 Å². The molecule has 1 fully saturated rings. The molecule has 0 atom stereocenters. The molecule has 0 amide bonds. The van der Waals surface area contributed by atoms with Gasteiger partial charge in [-0.15, -0.1) is 40.8 Å². The quantitative estimate of drug-likeness (QED) is 0.187. The molecule has 1 aliphatic heterocycles. The Kier molecular flexibility index (Phi) is 11.5. The summed E-state index contributed by atoms with van der Waals surface area (Å²) < 4.78 is 13.0. The Labute approximate surface area is 179 Å². The summed E-state index contributed by atoms with van der Waals surface area (Å²) in [5.41, 5.74) is 0. The largest absolute Gasteiger partial charge is 0.385 e. The van der Waals surface area contributed by atoms with Gasteiger partial charge in [0.25, 0.3) is 0 Å². The van der Waals surface area contributed by atoms with Crippen LogP contribution in [0.1, 0.15) is 30.9 Å². The van der Waals surface area contributed by atoms with E-state index in [0.29, 0.717) is 19.2 Å². The van der Waals surface area contributed by atoms with Crippen LogP contribution in [-0.2, 0) is 23.1 Å². The number of aromatic nitrogens is 3. The van der Waals surface area contributed by atoms with Crippen molar-refractivity contribution in [3.63, 3.8) is 0 Å². The second-order valence-electron chi connectivity index (χ2n) is 6.44. The van der Waals surface area contributed by atoms with Gasteiger partial charge >= 0.3 is 0 Å². The van der Waals surface area contributed by atoms with Crippen molar-refractivity contribution in [2.45, 2.75) is 38.8 Å². The van der Waals surface area contributed by atoms with Crippen molar-refractivity contribution in [2.24, 2.45) is 12.0 Å². The van der Waals surface area contributed by atoms with Gasteiger partial charge in [0, 0.05) is 47.0 Å². The molecule has 9 heteroatoms. The molecule has 0 aliphatic carbocycles. The van der Waals surface area contributed by atoms with Gasteiger partial charge < -0.3 is 24.3 Å². The lowest BCUT2D eigenvalue weighted by atomic mass is 10.1. The maximum absolute atomic E-state index is 5.94. The average molecular weight is 492 g/mol. The molecule has 1 aliphatic rings. The lowest BCUT2D eigenvalue weighted by Gasteiger charge is -2.34. The molecule has 154 valence electrons. The van der Waals surface area contributed by atoms with Crippen LogP contribution >= 0.6 is 24.0 Å². The summed E-state index contributed by atoms with van der Waals surface area (Å²) in [6.07, 6.45) is 5.12. The van der Waals surface area contributed by atoms with E-state index in [4.69, 9.17) is 14.5 Å². The Balaban J connectivity index is 0.00000364. The number of ether oxygens (including phenoxy) is 2. The number of aliphatic imine (C=N–C) groups is 1. The maximum atomic E-state index is 5.94. The van der Waals surface area contributed by atoms with E-state index in [1.807, 2.05) is 24.6 Å². The number of hydrogen-bond donors (Lipinski definition) is 1. The topological polar surface area (TPSA) is 76.8 Å². The van der Waals surface area contributed by atoms with Crippen LogP contribution in [0.4, 0.5) is 0 Å². The molecular formula is C18H33IN6O2. The normalized spacial score (nSPS) is 15.5. The van der Waals surface area contributed by atoms with Crippen molar-refractivity contribution in [1.29, 1.82) is 0 Å². The highest BCUT2D eigenvalue weighted by atomic mass is 127. The summed E-state index contributed by atoms with van der Waals surface area (Å²) in [5.74, 6) is 2.64. The molecule has 0 saturated carbocycles. The minimum absolute atomic E-state index is 0. The zero-order valence-electron chi connectivity index (χ0n) is 16.7. The number of rotatable bonds is 9. The molecule has 2 heterocycles. The first-order chi connectivity index (χ1) is 12.7. The third-order valence-electron chi connectivity index (χ3n) is 4.55. The second-order valence-corrected chi connectivity index (χ2v) is 6.44. The number of nitrogens with zero attached hydrogens (tertiary/aromatic N) is 5. The zero-order valence-corrected chi connectivity index (χ0v) is 19.0. The molecule has 1 saturated heterocycles. The first-order valence-electron chi connectivity index (χ1n) is 9.25. The maximum Gasteiger partial charge on any atom is 0.194 e. The Bertz CT molecular complexity index is 584. The number of halogens is 1. The average Bonchev–Trinajstić information content (AvgIpc) is 2.98. The van der Waals surface area contributed by atoms with Crippen molar-refractivity contribution in [2.75, 3.05) is 40.0 Å². The molecule has 27 heavy (non-hydrogen) atoms. The van der Waals surface area contributed by atoms with E-state index >= 15 is 0 Å². The van der Waals surface area contributed by atoms with Crippen LogP contribution in [0.3, 0.4) is 0 Å². The summed E-state index contributed by atoms with van der Waals surface area (Å²) in [6.45, 7) is 10.3. The van der Waals surface area contributed by atoms with Gasteiger partial charge in [0.05, 0.1) is 6.10 Å². The minimum Gasteiger partial charge on any atom is -0.385 e. The smallest absolute Gasteiger partial charge is 0.194 e. The van der Waals surface area contributed by atoms with Gasteiger partial charge in [-0.1, -0.05) is 6.08 Å². The highest BCUT2D eigenvalue weighted by Crippen LogP contribution is 2.14. The van der Waals surface area contributed by atoms with Crippen molar-refractivity contribution in [3.8, 4) is 0 Å². The molecule has 1 N–H and O–H groups in total. The minimum atomic E-state index is 0. The number of nitrogens with one attached hydrogen (secondary N) is 1. The van der Waals surface area contributed by atoms with Gasteiger partial charge in [-0.25, -0.2) is 4.99 Å². The monoisotopic (exact) mass is 492 g/mol. The van der Waals surface area contributed by atoms with Gasteiger partial charge in [-0.05, 0) is 26.2 Å². The first-order valence-corrected chi connectivity index (χ1v) is 9.25. The fraction of sp³-hybridized carbons (Fsp3) is 0.722. The number of guanidine groups is 1. The third-order valence-corrected chi connectivity index (χ3v) is 4.55. The fourth-order valence-electron chi connectivity index (χ4n) is 2.85. The molecule has 0 radical (unpaired) electrons. The SMILES string of the molecule is C=CCNC(=NCc1nnc(C)n1C)N1CCC(OCCCOC)CC1.I. The highest BCUT2D eigenvalue weighted by Gasteiger charge is 2.22. The summed E-state index contributed by atoms with van der Waals surface area (Å²) in [6, 6.07) is 0. The molecule has 2 rings (SSSR count). The van der Waals surface area contributed by atoms with Crippen LogP contribution in [0, 0.1) is 6.92 Å². The number of hydrogen-bond acceptors (Lipinski definition) is 5. The third kappa shape index (κ3) is 7.74. The predicted octanol–water partition coefficient (Wildman–Crippen LogP) is 1.89. The summed E-state index contributed by atoms with van der Waals surface area (Å²) in [4.78, 5) is 7.02. The standard InChI is InChI=1S/C18H32N6O2.HI/c1-5-9-19-18(20-14-17-22-21-15(2)23(17)3)24-10-7-16(8-11-24)26-13-6-12-25-4;/h5,16H,1,6-14H2,2-4H3,(H,19,20);1H. The first kappa shape index (κ1) is 23.8. The Morgan fingerprint density at radius 3 is 2.67 bits per heavy atom. The van der Waals surface area contributed by atoms with Gasteiger partial charge in [0.2, 0.25) is 0 Å². The molecule has 0 aromatic carbocycles. The van der Waals surface area contributed by atoms with E-state index in [9.17, 15) is 0 Å². The number of aryl methyl sites for hydroxylation is 1. The highest BCUT2D eigenvalue weighted by molar-refractivity contribution is 14.0. The number of methoxy groups -OCH3 is 1. The summed E-state index contributed by atoms with van der Waals surface area (Å²) >= 11 is 0. The van der Waals surface area contributed by atoms with Crippen LogP contribution in [0.2, 0.25) is 0 Å². The van der Waals surface area contributed by atoms with E-state index in [0.717, 1.165) is 63.2 Å².